The Balaban J connectivity index is 0.873. The zero-order chi connectivity index (χ0) is 57.6. The number of nitrogens with one attached hydrogen (secondary N) is 5. The second kappa shape index (κ2) is 24.5. The minimum Gasteiger partial charge on any atom is -0.460 e. The number of rotatable bonds is 23. The SMILES string of the molecule is CC[C@@]1(O)C(=O)OCc2c1cc1n(c2=O)Cc2c-1nc1cc(F)c(C)c3c1c2[C@@H](NC(=O)CNC(=O)[C@H](Cc1ccccc1)NC(=O)CNC(=O)COC[C@H](CC(=O)OC(C)(C)C)NC(=O)CCCCCN1C(=O)C=CC1=O)CC3. The van der Waals surface area contributed by atoms with Crippen LogP contribution in [-0.4, -0.2) is 123 Å². The van der Waals surface area contributed by atoms with Crippen LogP contribution in [0.5, 0.6) is 0 Å². The third-order valence-electron chi connectivity index (χ3n) is 14.5. The van der Waals surface area contributed by atoms with E-state index >= 15 is 4.39 Å². The van der Waals surface area contributed by atoms with Crippen LogP contribution in [0, 0.1) is 12.7 Å². The van der Waals surface area contributed by atoms with Gasteiger partial charge in [0, 0.05) is 54.1 Å². The number of halogens is 1. The smallest absolute Gasteiger partial charge is 0.343 e. The molecule has 0 bridgehead atoms. The summed E-state index contributed by atoms with van der Waals surface area (Å²) in [5.74, 6) is -5.91. The van der Waals surface area contributed by atoms with Gasteiger partial charge in [0.1, 0.15) is 30.7 Å². The van der Waals surface area contributed by atoms with Crippen LogP contribution >= 0.6 is 0 Å². The minimum atomic E-state index is -2.07. The number of esters is 2. The average molecular weight is 1110 g/mol. The average Bonchev–Trinajstić information content (AvgIpc) is 4.04. The lowest BCUT2D eigenvalue weighted by atomic mass is 9.81. The largest absolute Gasteiger partial charge is 0.460 e. The fraction of sp³-hybridized carbons (Fsp3) is 0.456. The van der Waals surface area contributed by atoms with Gasteiger partial charge in [0.15, 0.2) is 5.60 Å². The number of benzene rings is 2. The summed E-state index contributed by atoms with van der Waals surface area (Å²) < 4.78 is 33.2. The normalized spacial score (nSPS) is 17.7. The van der Waals surface area contributed by atoms with Gasteiger partial charge in [0.05, 0.1) is 67.2 Å². The number of ether oxygens (including phenoxy) is 3. The second-order valence-corrected chi connectivity index (χ2v) is 21.3. The number of hydrogen-bond donors (Lipinski definition) is 6. The highest BCUT2D eigenvalue weighted by atomic mass is 19.1. The summed E-state index contributed by atoms with van der Waals surface area (Å²) in [6.45, 7) is 6.31. The first-order chi connectivity index (χ1) is 38.0. The van der Waals surface area contributed by atoms with Crippen molar-refractivity contribution < 1.29 is 66.9 Å². The van der Waals surface area contributed by atoms with Gasteiger partial charge in [0.25, 0.3) is 17.4 Å². The number of cyclic esters (lactones) is 1. The van der Waals surface area contributed by atoms with Crippen molar-refractivity contribution >= 4 is 64.2 Å². The molecule has 8 rings (SSSR count). The molecule has 0 fully saturated rings. The fourth-order valence-corrected chi connectivity index (χ4v) is 10.5. The highest BCUT2D eigenvalue weighted by molar-refractivity contribution is 6.12. The molecule has 7 amide bonds. The maximum atomic E-state index is 15.5. The van der Waals surface area contributed by atoms with E-state index in [1.807, 2.05) is 0 Å². The van der Waals surface area contributed by atoms with Crippen LogP contribution in [0.2, 0.25) is 0 Å². The quantitative estimate of drug-likeness (QED) is 0.0311. The van der Waals surface area contributed by atoms with E-state index in [4.69, 9.17) is 19.2 Å². The van der Waals surface area contributed by atoms with Crippen LogP contribution in [0.15, 0.2) is 59.4 Å². The lowest BCUT2D eigenvalue weighted by molar-refractivity contribution is -0.172. The van der Waals surface area contributed by atoms with Gasteiger partial charge in [0.2, 0.25) is 29.5 Å². The highest BCUT2D eigenvalue weighted by Crippen LogP contribution is 2.46. The third-order valence-corrected chi connectivity index (χ3v) is 14.5. The summed E-state index contributed by atoms with van der Waals surface area (Å²) in [5, 5.41) is 25.5. The summed E-state index contributed by atoms with van der Waals surface area (Å²) in [7, 11) is 0. The molecule has 0 spiro atoms. The molecule has 4 aliphatic rings. The number of carbonyl (C=O) groups is 9. The summed E-state index contributed by atoms with van der Waals surface area (Å²) in [6, 6.07) is 8.86. The van der Waals surface area contributed by atoms with Crippen LogP contribution in [0.4, 0.5) is 4.39 Å². The maximum Gasteiger partial charge on any atom is 0.343 e. The van der Waals surface area contributed by atoms with Crippen molar-refractivity contribution in [3.05, 3.63) is 110 Å². The molecule has 22 nitrogen and oxygen atoms in total. The van der Waals surface area contributed by atoms with E-state index in [1.165, 1.54) is 22.8 Å². The van der Waals surface area contributed by atoms with Gasteiger partial charge < -0.3 is 50.5 Å². The molecular weight excluding hydrogens is 1040 g/mol. The lowest BCUT2D eigenvalue weighted by Gasteiger charge is -2.31. The molecule has 3 aliphatic heterocycles. The van der Waals surface area contributed by atoms with E-state index in [0.29, 0.717) is 76.7 Å². The molecule has 0 unspecified atom stereocenters. The Morgan fingerprint density at radius 1 is 0.900 bits per heavy atom. The predicted molar refractivity (Wildman–Crippen MR) is 284 cm³/mol. The predicted octanol–water partition coefficient (Wildman–Crippen LogP) is 2.31. The van der Waals surface area contributed by atoms with E-state index in [1.54, 1.807) is 71.0 Å². The van der Waals surface area contributed by atoms with E-state index in [9.17, 15) is 53.1 Å². The summed E-state index contributed by atoms with van der Waals surface area (Å²) in [5.41, 5.74) is 0.797. The topological polar surface area (TPSA) is 300 Å². The van der Waals surface area contributed by atoms with Crippen LogP contribution in [0.1, 0.15) is 118 Å². The first-order valence-corrected chi connectivity index (χ1v) is 26.7. The molecule has 0 saturated carbocycles. The van der Waals surface area contributed by atoms with Gasteiger partial charge in [-0.3, -0.25) is 48.1 Å². The van der Waals surface area contributed by atoms with Crippen LogP contribution in [0.25, 0.3) is 22.3 Å². The molecule has 424 valence electrons. The number of imide groups is 1. The molecule has 80 heavy (non-hydrogen) atoms. The number of aryl methyl sites for hydroxylation is 1. The molecule has 23 heteroatoms. The van der Waals surface area contributed by atoms with Gasteiger partial charge in [-0.05, 0) is 88.1 Å². The van der Waals surface area contributed by atoms with Crippen molar-refractivity contribution in [2.45, 2.75) is 135 Å². The fourth-order valence-electron chi connectivity index (χ4n) is 10.5. The van der Waals surface area contributed by atoms with Crippen LogP contribution in [0.3, 0.4) is 0 Å². The van der Waals surface area contributed by atoms with Gasteiger partial charge in [-0.1, -0.05) is 43.7 Å². The Labute approximate surface area is 459 Å². The molecular formula is C57H65FN8O14. The molecule has 6 N–H and O–H groups in total. The Morgan fingerprint density at radius 3 is 2.34 bits per heavy atom. The number of fused-ring (bicyclic) bond motifs is 5. The van der Waals surface area contributed by atoms with Gasteiger partial charge in [-0.15, -0.1) is 0 Å². The van der Waals surface area contributed by atoms with Gasteiger partial charge >= 0.3 is 11.9 Å². The number of nitrogens with zero attached hydrogens (tertiary/aromatic N) is 3. The molecule has 5 heterocycles. The minimum absolute atomic E-state index is 0.00986. The highest BCUT2D eigenvalue weighted by Gasteiger charge is 2.46. The van der Waals surface area contributed by atoms with E-state index in [2.05, 4.69) is 26.6 Å². The molecule has 2 aromatic heterocycles. The van der Waals surface area contributed by atoms with Gasteiger partial charge in [-0.25, -0.2) is 14.2 Å². The third kappa shape index (κ3) is 13.1. The Hall–Kier alpha value is -8.18. The van der Waals surface area contributed by atoms with Crippen molar-refractivity contribution in [1.29, 1.82) is 0 Å². The number of carbonyl (C=O) groups excluding carboxylic acids is 9. The monoisotopic (exact) mass is 1100 g/mol. The second-order valence-electron chi connectivity index (χ2n) is 21.3. The van der Waals surface area contributed by atoms with Gasteiger partial charge in [-0.2, -0.15) is 0 Å². The summed E-state index contributed by atoms with van der Waals surface area (Å²) >= 11 is 0. The Bertz CT molecular complexity index is 3240. The van der Waals surface area contributed by atoms with Crippen LogP contribution in [-0.2, 0) is 89.0 Å². The van der Waals surface area contributed by atoms with E-state index < -0.39 is 102 Å². The molecule has 4 aromatic rings. The molecule has 0 saturated heterocycles. The van der Waals surface area contributed by atoms with Crippen molar-refractivity contribution in [2.24, 2.45) is 0 Å². The number of aromatic nitrogens is 2. The van der Waals surface area contributed by atoms with Crippen molar-refractivity contribution in [3.8, 4) is 11.4 Å². The first-order valence-electron chi connectivity index (χ1n) is 26.7. The van der Waals surface area contributed by atoms with E-state index in [0.717, 1.165) is 4.90 Å². The number of aliphatic hydroxyl groups is 1. The van der Waals surface area contributed by atoms with Crippen molar-refractivity contribution in [2.75, 3.05) is 32.8 Å². The standard InChI is InChI=1S/C57H65FN8O14/c1-6-57(77)37-23-42-52-35(27-66(42)54(75)36(37)29-79-55(57)76)51-39(17-16-34-31(2)38(58)24-40(64-52)50(34)51)62-45(69)26-60-53(74)41(21-32-13-9-7-10-14-32)63-44(68)25-59-46(70)30-78-28-33(22-49(73)80-56(3,4)5)61-43(67)15-11-8-12-20-65-47(71)18-19-48(65)72/h7,9-10,13-14,18-19,23-24,33,39,41,77H,6,8,11-12,15-17,20-22,25-30H2,1-5H3,(H,59,70)(H,60,74)(H,61,67)(H,62,69)(H,63,68)/t33-,39-,41-,57-/m0/s1. The Kier molecular flexibility index (Phi) is 17.7. The number of pyridine rings is 2. The zero-order valence-corrected chi connectivity index (χ0v) is 45.2. The number of unbranched alkanes of at least 4 members (excludes halogenated alkanes) is 2. The van der Waals surface area contributed by atoms with E-state index in [-0.39, 0.29) is 80.4 Å². The van der Waals surface area contributed by atoms with Crippen molar-refractivity contribution in [3.63, 3.8) is 0 Å². The zero-order valence-electron chi connectivity index (χ0n) is 45.2. The lowest BCUT2D eigenvalue weighted by Crippen LogP contribution is -2.52. The first kappa shape index (κ1) is 58.0. The molecule has 1 aliphatic carbocycles. The van der Waals surface area contributed by atoms with Crippen molar-refractivity contribution in [1.82, 2.24) is 41.0 Å². The molecule has 4 atom stereocenters. The molecule has 2 aromatic carbocycles. The Morgan fingerprint density at radius 2 is 1.62 bits per heavy atom. The molecule has 0 radical (unpaired) electrons. The van der Waals surface area contributed by atoms with Crippen LogP contribution < -0.4 is 32.1 Å². The number of hydrogen-bond acceptors (Lipinski definition) is 15. The summed E-state index contributed by atoms with van der Waals surface area (Å²) in [4.78, 5) is 136. The summed E-state index contributed by atoms with van der Waals surface area (Å²) in [6.07, 6.45) is 4.33. The number of amides is 7. The maximum absolute atomic E-state index is 15.5.